The van der Waals surface area contributed by atoms with Crippen LogP contribution in [-0.2, 0) is 19.5 Å². The molecule has 2 heterocycles. The van der Waals surface area contributed by atoms with Crippen molar-refractivity contribution in [1.29, 1.82) is 0 Å². The van der Waals surface area contributed by atoms with Crippen LogP contribution in [0.15, 0.2) is 17.6 Å². The molecule has 96 valence electrons. The summed E-state index contributed by atoms with van der Waals surface area (Å²) in [6.07, 6.45) is 2.96. The predicted octanol–water partition coefficient (Wildman–Crippen LogP) is 2.16. The number of primary amides is 1. The summed E-state index contributed by atoms with van der Waals surface area (Å²) in [5.41, 5.74) is 5.79. The van der Waals surface area contributed by atoms with Crippen LogP contribution in [0.4, 0.5) is 0 Å². The van der Waals surface area contributed by atoms with Gasteiger partial charge < -0.3 is 11.1 Å². The van der Waals surface area contributed by atoms with Gasteiger partial charge in [-0.15, -0.1) is 22.7 Å². The van der Waals surface area contributed by atoms with Crippen molar-refractivity contribution in [2.24, 2.45) is 5.73 Å². The fourth-order valence-electron chi connectivity index (χ4n) is 1.49. The average molecular weight is 281 g/mol. The van der Waals surface area contributed by atoms with E-state index in [0.29, 0.717) is 5.56 Å². The van der Waals surface area contributed by atoms with Crippen LogP contribution >= 0.6 is 22.7 Å². The molecule has 0 aliphatic heterocycles. The monoisotopic (exact) mass is 281 g/mol. The lowest BCUT2D eigenvalue weighted by atomic mass is 10.3. The Balaban J connectivity index is 1.82. The van der Waals surface area contributed by atoms with Crippen LogP contribution in [-0.4, -0.2) is 10.9 Å². The largest absolute Gasteiger partial charge is 0.366 e. The summed E-state index contributed by atoms with van der Waals surface area (Å²) in [5.74, 6) is -0.370. The summed E-state index contributed by atoms with van der Waals surface area (Å²) >= 11 is 3.28. The molecule has 0 fully saturated rings. The summed E-state index contributed by atoms with van der Waals surface area (Å²) in [6.45, 7) is 3.62. The minimum Gasteiger partial charge on any atom is -0.366 e. The van der Waals surface area contributed by atoms with Crippen molar-refractivity contribution in [2.45, 2.75) is 26.4 Å². The first-order chi connectivity index (χ1) is 8.69. The maximum atomic E-state index is 10.9. The number of hydrogen-bond acceptors (Lipinski definition) is 5. The van der Waals surface area contributed by atoms with Crippen molar-refractivity contribution in [1.82, 2.24) is 10.3 Å². The molecule has 2 aromatic heterocycles. The predicted molar refractivity (Wildman–Crippen MR) is 74.9 cm³/mol. The van der Waals surface area contributed by atoms with Crippen molar-refractivity contribution >= 4 is 28.6 Å². The number of nitrogens with zero attached hydrogens (tertiary/aromatic N) is 1. The third kappa shape index (κ3) is 3.38. The highest BCUT2D eigenvalue weighted by Crippen LogP contribution is 2.15. The number of thiophene rings is 1. The van der Waals surface area contributed by atoms with Crippen molar-refractivity contribution in [2.75, 3.05) is 0 Å². The summed E-state index contributed by atoms with van der Waals surface area (Å²) in [5, 5.41) is 6.20. The van der Waals surface area contributed by atoms with E-state index in [-0.39, 0.29) is 5.91 Å². The normalized spacial score (nSPS) is 10.7. The second-order valence-corrected chi connectivity index (χ2v) is 6.04. The average Bonchev–Trinajstić information content (AvgIpc) is 2.97. The highest BCUT2D eigenvalue weighted by molar-refractivity contribution is 7.11. The number of aromatic nitrogens is 1. The van der Waals surface area contributed by atoms with Gasteiger partial charge >= 0.3 is 0 Å². The molecule has 2 rings (SSSR count). The minimum absolute atomic E-state index is 0.370. The second-order valence-electron chi connectivity index (χ2n) is 3.84. The number of nitrogens with two attached hydrogens (primary N) is 1. The fraction of sp³-hybridized carbons (Fsp3) is 0.333. The van der Waals surface area contributed by atoms with Gasteiger partial charge in [0, 0.05) is 34.4 Å². The molecule has 0 spiro atoms. The molecule has 18 heavy (non-hydrogen) atoms. The fourth-order valence-corrected chi connectivity index (χ4v) is 3.16. The van der Waals surface area contributed by atoms with E-state index in [4.69, 9.17) is 5.73 Å². The van der Waals surface area contributed by atoms with Gasteiger partial charge in [0.15, 0.2) is 0 Å². The van der Waals surface area contributed by atoms with Gasteiger partial charge in [-0.25, -0.2) is 4.98 Å². The van der Waals surface area contributed by atoms with E-state index in [9.17, 15) is 4.79 Å². The lowest BCUT2D eigenvalue weighted by molar-refractivity contribution is 0.100. The Morgan fingerprint density at radius 1 is 1.44 bits per heavy atom. The van der Waals surface area contributed by atoms with E-state index >= 15 is 0 Å². The molecule has 0 saturated carbocycles. The first kappa shape index (κ1) is 13.2. The van der Waals surface area contributed by atoms with Crippen molar-refractivity contribution in [3.05, 3.63) is 38.0 Å². The highest BCUT2D eigenvalue weighted by atomic mass is 32.1. The van der Waals surface area contributed by atoms with Gasteiger partial charge in [-0.2, -0.15) is 0 Å². The number of rotatable bonds is 6. The van der Waals surface area contributed by atoms with Crippen LogP contribution in [0.25, 0.3) is 0 Å². The van der Waals surface area contributed by atoms with Gasteiger partial charge in [0.2, 0.25) is 5.91 Å². The number of aryl methyl sites for hydroxylation is 1. The van der Waals surface area contributed by atoms with Gasteiger partial charge in [0.25, 0.3) is 0 Å². The van der Waals surface area contributed by atoms with Gasteiger partial charge in [-0.3, -0.25) is 4.79 Å². The zero-order chi connectivity index (χ0) is 13.0. The van der Waals surface area contributed by atoms with Gasteiger partial charge in [-0.05, 0) is 12.5 Å². The van der Waals surface area contributed by atoms with E-state index in [1.165, 1.54) is 4.88 Å². The van der Waals surface area contributed by atoms with Gasteiger partial charge in [0.05, 0.1) is 5.56 Å². The molecule has 0 unspecified atom stereocenters. The number of carbonyl (C=O) groups excluding carboxylic acids is 1. The standard InChI is InChI=1S/C12H15N3OS2/c1-2-9-5-15-11(18-9)6-14-4-10-3-8(7-17-10)12(13)16/h3,5,7,14H,2,4,6H2,1H3,(H2,13,16). The third-order valence-corrected chi connectivity index (χ3v) is 4.54. The summed E-state index contributed by atoms with van der Waals surface area (Å²) in [6, 6.07) is 1.83. The molecule has 0 atom stereocenters. The SMILES string of the molecule is CCc1cnc(CNCc2cc(C(N)=O)cs2)s1. The number of thiazole rings is 1. The molecule has 2 aromatic rings. The Morgan fingerprint density at radius 2 is 2.28 bits per heavy atom. The van der Waals surface area contributed by atoms with Crippen LogP contribution in [0, 0.1) is 0 Å². The lowest BCUT2D eigenvalue weighted by Gasteiger charge is -1.99. The van der Waals surface area contributed by atoms with E-state index in [1.54, 1.807) is 28.1 Å². The molecule has 0 aliphatic rings. The summed E-state index contributed by atoms with van der Waals surface area (Å²) in [4.78, 5) is 17.7. The zero-order valence-electron chi connectivity index (χ0n) is 10.1. The maximum absolute atomic E-state index is 10.9. The molecule has 0 radical (unpaired) electrons. The van der Waals surface area contributed by atoms with E-state index in [2.05, 4.69) is 17.2 Å². The first-order valence-corrected chi connectivity index (χ1v) is 7.40. The smallest absolute Gasteiger partial charge is 0.249 e. The highest BCUT2D eigenvalue weighted by Gasteiger charge is 2.05. The molecular formula is C12H15N3OS2. The van der Waals surface area contributed by atoms with Crippen LogP contribution in [0.3, 0.4) is 0 Å². The molecule has 1 amide bonds. The van der Waals surface area contributed by atoms with Crippen LogP contribution in [0.2, 0.25) is 0 Å². The molecular weight excluding hydrogens is 266 g/mol. The maximum Gasteiger partial charge on any atom is 0.249 e. The second kappa shape index (κ2) is 6.08. The Morgan fingerprint density at radius 3 is 2.89 bits per heavy atom. The Labute approximate surface area is 114 Å². The molecule has 3 N–H and O–H groups in total. The van der Waals surface area contributed by atoms with E-state index < -0.39 is 0 Å². The molecule has 0 saturated heterocycles. The molecule has 4 nitrogen and oxygen atoms in total. The molecule has 6 heteroatoms. The number of carbonyl (C=O) groups is 1. The molecule has 0 aliphatic carbocycles. The van der Waals surface area contributed by atoms with Crippen LogP contribution < -0.4 is 11.1 Å². The Kier molecular flexibility index (Phi) is 4.46. The van der Waals surface area contributed by atoms with E-state index in [0.717, 1.165) is 29.4 Å². The summed E-state index contributed by atoms with van der Waals surface area (Å²) < 4.78 is 0. The van der Waals surface area contributed by atoms with Gasteiger partial charge in [0.1, 0.15) is 5.01 Å². The quantitative estimate of drug-likeness (QED) is 0.852. The molecule has 0 bridgehead atoms. The first-order valence-electron chi connectivity index (χ1n) is 5.70. The molecule has 0 aromatic carbocycles. The topological polar surface area (TPSA) is 68.0 Å². The zero-order valence-corrected chi connectivity index (χ0v) is 11.7. The number of hydrogen-bond donors (Lipinski definition) is 2. The minimum atomic E-state index is -0.370. The van der Waals surface area contributed by atoms with Crippen molar-refractivity contribution in [3.63, 3.8) is 0 Å². The summed E-state index contributed by atoms with van der Waals surface area (Å²) in [7, 11) is 0. The van der Waals surface area contributed by atoms with Crippen LogP contribution in [0.5, 0.6) is 0 Å². The van der Waals surface area contributed by atoms with Crippen LogP contribution in [0.1, 0.15) is 32.0 Å². The van der Waals surface area contributed by atoms with Crippen molar-refractivity contribution in [3.8, 4) is 0 Å². The van der Waals surface area contributed by atoms with E-state index in [1.807, 2.05) is 12.3 Å². The Bertz CT molecular complexity index is 533. The lowest BCUT2D eigenvalue weighted by Crippen LogP contribution is -2.12. The van der Waals surface area contributed by atoms with Crippen molar-refractivity contribution < 1.29 is 4.79 Å². The van der Waals surface area contributed by atoms with Gasteiger partial charge in [-0.1, -0.05) is 6.92 Å². The number of amides is 1. The third-order valence-electron chi connectivity index (χ3n) is 2.46. The number of nitrogens with one attached hydrogen (secondary N) is 1. The Hall–Kier alpha value is -1.24.